The SMILES string of the molecule is COc1ccc(S(=O)(=O)N(C)CC(=O)N2CCOc3ccccc32)cc1Cl. The Kier molecular flexibility index (Phi) is 5.59. The number of likely N-dealkylation sites (N-methyl/N-ethyl adjacent to an activating group) is 1. The molecule has 0 fully saturated rings. The second-order valence-electron chi connectivity index (χ2n) is 5.92. The maximum absolute atomic E-state index is 12.8. The van der Waals surface area contributed by atoms with E-state index in [2.05, 4.69) is 0 Å². The molecule has 0 unspecified atom stereocenters. The predicted molar refractivity (Wildman–Crippen MR) is 102 cm³/mol. The highest BCUT2D eigenvalue weighted by Crippen LogP contribution is 2.31. The molecule has 1 aliphatic rings. The van der Waals surface area contributed by atoms with Crippen LogP contribution in [0.25, 0.3) is 0 Å². The maximum atomic E-state index is 12.8. The summed E-state index contributed by atoms with van der Waals surface area (Å²) >= 11 is 6.03. The van der Waals surface area contributed by atoms with Crippen molar-refractivity contribution in [3.63, 3.8) is 0 Å². The first kappa shape index (κ1) is 19.5. The molecule has 2 aromatic rings. The van der Waals surface area contributed by atoms with Crippen LogP contribution in [0.4, 0.5) is 5.69 Å². The molecule has 9 heteroatoms. The fraction of sp³-hybridized carbons (Fsp3) is 0.278. The summed E-state index contributed by atoms with van der Waals surface area (Å²) in [5, 5.41) is 0.181. The summed E-state index contributed by atoms with van der Waals surface area (Å²) in [5.41, 5.74) is 0.632. The number of methoxy groups -OCH3 is 1. The van der Waals surface area contributed by atoms with Crippen molar-refractivity contribution < 1.29 is 22.7 Å². The third-order valence-electron chi connectivity index (χ3n) is 4.22. The molecule has 0 radical (unpaired) electrons. The molecular formula is C18H19ClN2O5S. The van der Waals surface area contributed by atoms with Crippen LogP contribution in [-0.4, -0.2) is 52.5 Å². The number of para-hydroxylation sites is 2. The molecule has 1 heterocycles. The molecule has 0 N–H and O–H groups in total. The van der Waals surface area contributed by atoms with Crippen molar-refractivity contribution in [2.24, 2.45) is 0 Å². The van der Waals surface area contributed by atoms with E-state index < -0.39 is 10.0 Å². The highest BCUT2D eigenvalue weighted by molar-refractivity contribution is 7.89. The van der Waals surface area contributed by atoms with Crippen LogP contribution in [0, 0.1) is 0 Å². The van der Waals surface area contributed by atoms with Crippen LogP contribution in [0.2, 0.25) is 5.02 Å². The third-order valence-corrected chi connectivity index (χ3v) is 6.31. The number of ether oxygens (including phenoxy) is 2. The summed E-state index contributed by atoms with van der Waals surface area (Å²) in [7, 11) is -1.08. The molecule has 0 spiro atoms. The van der Waals surface area contributed by atoms with E-state index in [0.717, 1.165) is 4.31 Å². The van der Waals surface area contributed by atoms with Crippen molar-refractivity contribution in [3.05, 3.63) is 47.5 Å². The van der Waals surface area contributed by atoms with Crippen molar-refractivity contribution in [2.75, 3.05) is 38.8 Å². The monoisotopic (exact) mass is 410 g/mol. The molecule has 144 valence electrons. The lowest BCUT2D eigenvalue weighted by Gasteiger charge is -2.30. The van der Waals surface area contributed by atoms with Crippen molar-refractivity contribution >= 4 is 33.2 Å². The first-order valence-corrected chi connectivity index (χ1v) is 9.98. The number of hydrogen-bond donors (Lipinski definition) is 0. The van der Waals surface area contributed by atoms with E-state index in [1.807, 2.05) is 6.07 Å². The zero-order chi connectivity index (χ0) is 19.6. The first-order valence-electron chi connectivity index (χ1n) is 8.16. The normalized spacial score (nSPS) is 13.9. The predicted octanol–water partition coefficient (Wildman–Crippen LogP) is 2.39. The smallest absolute Gasteiger partial charge is 0.243 e. The molecule has 0 saturated carbocycles. The lowest BCUT2D eigenvalue weighted by Crippen LogP contribution is -2.44. The van der Waals surface area contributed by atoms with Gasteiger partial charge in [0.1, 0.15) is 18.1 Å². The van der Waals surface area contributed by atoms with Crippen LogP contribution >= 0.6 is 11.6 Å². The fourth-order valence-corrected chi connectivity index (χ4v) is 4.25. The standard InChI is InChI=1S/C18H19ClN2O5S/c1-20(27(23,24)13-7-8-16(25-2)14(19)11-13)12-18(22)21-9-10-26-17-6-4-3-5-15(17)21/h3-8,11H,9-10,12H2,1-2H3. The van der Waals surface area contributed by atoms with Crippen molar-refractivity contribution in [1.29, 1.82) is 0 Å². The highest BCUT2D eigenvalue weighted by Gasteiger charge is 2.29. The van der Waals surface area contributed by atoms with Gasteiger partial charge in [0.15, 0.2) is 0 Å². The molecule has 0 aliphatic carbocycles. The van der Waals surface area contributed by atoms with Crippen LogP contribution in [-0.2, 0) is 14.8 Å². The third kappa shape index (κ3) is 3.87. The molecular weight excluding hydrogens is 392 g/mol. The number of carbonyl (C=O) groups is 1. The Bertz CT molecular complexity index is 964. The van der Waals surface area contributed by atoms with Gasteiger partial charge in [-0.1, -0.05) is 23.7 Å². The van der Waals surface area contributed by atoms with E-state index in [1.165, 1.54) is 37.3 Å². The Hall–Kier alpha value is -2.29. The number of anilines is 1. The number of rotatable bonds is 5. The summed E-state index contributed by atoms with van der Waals surface area (Å²) < 4.78 is 37.1. The van der Waals surface area contributed by atoms with Crippen molar-refractivity contribution in [3.8, 4) is 11.5 Å². The summed E-state index contributed by atoms with van der Waals surface area (Å²) in [5.74, 6) is 0.639. The van der Waals surface area contributed by atoms with E-state index >= 15 is 0 Å². The van der Waals surface area contributed by atoms with Crippen molar-refractivity contribution in [1.82, 2.24) is 4.31 Å². The molecule has 27 heavy (non-hydrogen) atoms. The van der Waals surface area contributed by atoms with E-state index in [1.54, 1.807) is 18.2 Å². The lowest BCUT2D eigenvalue weighted by atomic mass is 10.2. The van der Waals surface area contributed by atoms with E-state index in [4.69, 9.17) is 21.1 Å². The van der Waals surface area contributed by atoms with Crippen LogP contribution in [0.15, 0.2) is 47.4 Å². The minimum absolute atomic E-state index is 0.00835. The Labute approximate surface area is 163 Å². The minimum Gasteiger partial charge on any atom is -0.495 e. The number of benzene rings is 2. The molecule has 0 aromatic heterocycles. The van der Waals surface area contributed by atoms with Gasteiger partial charge < -0.3 is 14.4 Å². The van der Waals surface area contributed by atoms with Gasteiger partial charge in [-0.25, -0.2) is 8.42 Å². The number of hydrogen-bond acceptors (Lipinski definition) is 5. The van der Waals surface area contributed by atoms with Gasteiger partial charge in [-0.15, -0.1) is 0 Å². The van der Waals surface area contributed by atoms with E-state index in [0.29, 0.717) is 30.3 Å². The second-order valence-corrected chi connectivity index (χ2v) is 8.37. The molecule has 1 amide bonds. The van der Waals surface area contributed by atoms with Gasteiger partial charge in [0.05, 0.1) is 35.8 Å². The Balaban J connectivity index is 1.79. The Morgan fingerprint density at radius 1 is 1.30 bits per heavy atom. The Morgan fingerprint density at radius 3 is 2.74 bits per heavy atom. The van der Waals surface area contributed by atoms with E-state index in [9.17, 15) is 13.2 Å². The molecule has 0 atom stereocenters. The highest BCUT2D eigenvalue weighted by atomic mass is 35.5. The van der Waals surface area contributed by atoms with Crippen molar-refractivity contribution in [2.45, 2.75) is 4.90 Å². The van der Waals surface area contributed by atoms with E-state index in [-0.39, 0.29) is 22.4 Å². The molecule has 2 aromatic carbocycles. The van der Waals surface area contributed by atoms with Gasteiger partial charge in [-0.05, 0) is 30.3 Å². The van der Waals surface area contributed by atoms with Gasteiger partial charge in [0.2, 0.25) is 15.9 Å². The fourth-order valence-electron chi connectivity index (χ4n) is 2.78. The molecule has 7 nitrogen and oxygen atoms in total. The summed E-state index contributed by atoms with van der Waals surface area (Å²) in [6, 6.07) is 11.3. The first-order chi connectivity index (χ1) is 12.8. The number of fused-ring (bicyclic) bond motifs is 1. The molecule has 1 aliphatic heterocycles. The lowest BCUT2D eigenvalue weighted by molar-refractivity contribution is -0.118. The average molecular weight is 411 g/mol. The Morgan fingerprint density at radius 2 is 2.04 bits per heavy atom. The van der Waals surface area contributed by atoms with Crippen LogP contribution in [0.5, 0.6) is 11.5 Å². The molecule has 0 saturated heterocycles. The maximum Gasteiger partial charge on any atom is 0.243 e. The van der Waals surface area contributed by atoms with Crippen LogP contribution in [0.3, 0.4) is 0 Å². The van der Waals surface area contributed by atoms with Gasteiger partial charge in [-0.3, -0.25) is 4.79 Å². The number of sulfonamides is 1. The number of amides is 1. The van der Waals surface area contributed by atoms with Gasteiger partial charge >= 0.3 is 0 Å². The zero-order valence-electron chi connectivity index (χ0n) is 14.9. The van der Waals surface area contributed by atoms with Gasteiger partial charge in [0.25, 0.3) is 0 Å². The molecule has 3 rings (SSSR count). The topological polar surface area (TPSA) is 76.2 Å². The van der Waals surface area contributed by atoms with Gasteiger partial charge in [-0.2, -0.15) is 4.31 Å². The largest absolute Gasteiger partial charge is 0.495 e. The quantitative estimate of drug-likeness (QED) is 0.756. The second kappa shape index (κ2) is 7.75. The average Bonchev–Trinajstić information content (AvgIpc) is 2.67. The van der Waals surface area contributed by atoms with Crippen LogP contribution in [0.1, 0.15) is 0 Å². The van der Waals surface area contributed by atoms with Crippen LogP contribution < -0.4 is 14.4 Å². The van der Waals surface area contributed by atoms with Gasteiger partial charge in [0, 0.05) is 7.05 Å². The number of carbonyl (C=O) groups excluding carboxylic acids is 1. The molecule has 0 bridgehead atoms. The number of nitrogens with zero attached hydrogens (tertiary/aromatic N) is 2. The summed E-state index contributed by atoms with van der Waals surface area (Å²) in [6.07, 6.45) is 0. The summed E-state index contributed by atoms with van der Waals surface area (Å²) in [6.45, 7) is 0.408. The zero-order valence-corrected chi connectivity index (χ0v) is 16.5. The minimum atomic E-state index is -3.88. The summed E-state index contributed by atoms with van der Waals surface area (Å²) in [4.78, 5) is 14.3. The number of halogens is 1.